The molecule has 0 saturated carbocycles. The molecule has 1 aromatic carbocycles. The average Bonchev–Trinajstić information content (AvgIpc) is 2.72. The van der Waals surface area contributed by atoms with Crippen molar-refractivity contribution in [2.45, 2.75) is 6.61 Å². The minimum absolute atomic E-state index is 0.543. The van der Waals surface area contributed by atoms with Gasteiger partial charge in [0, 0.05) is 6.54 Å². The van der Waals surface area contributed by atoms with Crippen LogP contribution in [0.3, 0.4) is 0 Å². The summed E-state index contributed by atoms with van der Waals surface area (Å²) in [7, 11) is 0. The fraction of sp³-hybridized carbons (Fsp3) is 0.300. The van der Waals surface area contributed by atoms with Crippen molar-refractivity contribution in [2.24, 2.45) is 4.99 Å². The van der Waals surface area contributed by atoms with Crippen molar-refractivity contribution < 1.29 is 4.84 Å². The highest BCUT2D eigenvalue weighted by atomic mass is 16.6. The van der Waals surface area contributed by atoms with Crippen LogP contribution < -0.4 is 10.8 Å². The van der Waals surface area contributed by atoms with Crippen molar-refractivity contribution >= 4 is 5.96 Å². The van der Waals surface area contributed by atoms with Crippen molar-refractivity contribution in [3.8, 4) is 0 Å². The maximum absolute atomic E-state index is 5.26. The lowest BCUT2D eigenvalue weighted by Gasteiger charge is -2.06. The molecule has 14 heavy (non-hydrogen) atoms. The number of hydrogen-bond donors (Lipinski definition) is 2. The van der Waals surface area contributed by atoms with Crippen molar-refractivity contribution in [3.05, 3.63) is 35.9 Å². The number of rotatable bonds is 3. The van der Waals surface area contributed by atoms with Crippen LogP contribution in [-0.2, 0) is 11.4 Å². The number of aliphatic imine (C=N–C) groups is 1. The van der Waals surface area contributed by atoms with E-state index < -0.39 is 0 Å². The van der Waals surface area contributed by atoms with E-state index in [1.54, 1.807) is 0 Å². The van der Waals surface area contributed by atoms with Gasteiger partial charge in [0.1, 0.15) is 0 Å². The smallest absolute Gasteiger partial charge is 0.215 e. The summed E-state index contributed by atoms with van der Waals surface area (Å²) in [5.74, 6) is 0.723. The third-order valence-corrected chi connectivity index (χ3v) is 1.92. The highest BCUT2D eigenvalue weighted by Gasteiger charge is 2.02. The summed E-state index contributed by atoms with van der Waals surface area (Å²) >= 11 is 0. The van der Waals surface area contributed by atoms with E-state index >= 15 is 0 Å². The van der Waals surface area contributed by atoms with Gasteiger partial charge >= 0.3 is 0 Å². The Bertz CT molecular complexity index is 310. The molecule has 0 amide bonds. The van der Waals surface area contributed by atoms with E-state index in [0.717, 1.165) is 24.6 Å². The molecule has 0 fully saturated rings. The van der Waals surface area contributed by atoms with Crippen LogP contribution in [0.25, 0.3) is 0 Å². The summed E-state index contributed by atoms with van der Waals surface area (Å²) in [6.07, 6.45) is 0. The Labute approximate surface area is 82.9 Å². The van der Waals surface area contributed by atoms with Crippen molar-refractivity contribution in [1.29, 1.82) is 0 Å². The summed E-state index contributed by atoms with van der Waals surface area (Å²) in [4.78, 5) is 9.40. The zero-order valence-electron chi connectivity index (χ0n) is 7.86. The zero-order valence-corrected chi connectivity index (χ0v) is 7.86. The number of nitrogens with one attached hydrogen (secondary N) is 2. The molecule has 2 rings (SSSR count). The van der Waals surface area contributed by atoms with Crippen LogP contribution in [0.5, 0.6) is 0 Å². The third-order valence-electron chi connectivity index (χ3n) is 1.92. The van der Waals surface area contributed by atoms with Crippen LogP contribution >= 0.6 is 0 Å². The third kappa shape index (κ3) is 2.47. The normalized spacial score (nSPS) is 14.7. The Morgan fingerprint density at radius 3 is 2.93 bits per heavy atom. The van der Waals surface area contributed by atoms with Crippen molar-refractivity contribution in [2.75, 3.05) is 13.1 Å². The molecule has 0 bridgehead atoms. The standard InChI is InChI=1S/C10H13N3O/c1-2-4-9(5-3-1)8-14-13-10-11-6-7-12-10/h1-5H,6-8H2,(H2,11,12,13). The molecule has 2 N–H and O–H groups in total. The van der Waals surface area contributed by atoms with Gasteiger partial charge < -0.3 is 5.32 Å². The minimum atomic E-state index is 0.543. The summed E-state index contributed by atoms with van der Waals surface area (Å²) in [6, 6.07) is 10.0. The molecule has 0 aliphatic carbocycles. The van der Waals surface area contributed by atoms with Crippen molar-refractivity contribution in [1.82, 2.24) is 10.8 Å². The fourth-order valence-electron chi connectivity index (χ4n) is 1.23. The molecule has 0 radical (unpaired) electrons. The predicted molar refractivity (Wildman–Crippen MR) is 54.7 cm³/mol. The minimum Gasteiger partial charge on any atom is -0.353 e. The first kappa shape index (κ1) is 9.02. The van der Waals surface area contributed by atoms with Gasteiger partial charge in [-0.15, -0.1) is 0 Å². The monoisotopic (exact) mass is 191 g/mol. The number of benzene rings is 1. The Hall–Kier alpha value is -1.55. The first-order valence-electron chi connectivity index (χ1n) is 4.65. The molecule has 1 aliphatic heterocycles. The van der Waals surface area contributed by atoms with E-state index in [2.05, 4.69) is 15.8 Å². The molecule has 0 spiro atoms. The maximum atomic E-state index is 5.26. The summed E-state index contributed by atoms with van der Waals surface area (Å²) in [6.45, 7) is 2.25. The van der Waals surface area contributed by atoms with Gasteiger partial charge in [0.05, 0.1) is 13.2 Å². The highest BCUT2D eigenvalue weighted by Crippen LogP contribution is 1.98. The second-order valence-corrected chi connectivity index (χ2v) is 3.03. The van der Waals surface area contributed by atoms with Gasteiger partial charge in [0.2, 0.25) is 5.96 Å². The van der Waals surface area contributed by atoms with Crippen LogP contribution in [-0.4, -0.2) is 19.0 Å². The van der Waals surface area contributed by atoms with Gasteiger partial charge in [-0.25, -0.2) is 10.5 Å². The molecule has 1 aromatic rings. The SMILES string of the molecule is c1ccc(CONC2=NCCN2)cc1. The quantitative estimate of drug-likeness (QED) is 0.690. The molecule has 4 heteroatoms. The summed E-state index contributed by atoms with van der Waals surface area (Å²) in [5.41, 5.74) is 3.91. The second kappa shape index (κ2) is 4.62. The van der Waals surface area contributed by atoms with E-state index in [-0.39, 0.29) is 0 Å². The molecule has 1 aliphatic rings. The number of guanidine groups is 1. The van der Waals surface area contributed by atoms with E-state index in [0.29, 0.717) is 6.61 Å². The Balaban J connectivity index is 1.73. The first-order chi connectivity index (χ1) is 6.95. The molecule has 1 heterocycles. The average molecular weight is 191 g/mol. The molecule has 74 valence electrons. The maximum Gasteiger partial charge on any atom is 0.215 e. The number of hydrogen-bond acceptors (Lipinski definition) is 4. The summed E-state index contributed by atoms with van der Waals surface area (Å²) in [5, 5.41) is 3.06. The van der Waals surface area contributed by atoms with Crippen molar-refractivity contribution in [3.63, 3.8) is 0 Å². The van der Waals surface area contributed by atoms with Gasteiger partial charge in [0.25, 0.3) is 0 Å². The largest absolute Gasteiger partial charge is 0.353 e. The molecular weight excluding hydrogens is 178 g/mol. The zero-order chi connectivity index (χ0) is 9.64. The fourth-order valence-corrected chi connectivity index (χ4v) is 1.23. The number of nitrogens with zero attached hydrogens (tertiary/aromatic N) is 1. The Morgan fingerprint density at radius 1 is 1.36 bits per heavy atom. The molecule has 0 atom stereocenters. The second-order valence-electron chi connectivity index (χ2n) is 3.03. The van der Waals surface area contributed by atoms with Gasteiger partial charge in [-0.3, -0.25) is 4.84 Å². The van der Waals surface area contributed by atoms with Crippen LogP contribution in [0, 0.1) is 0 Å². The lowest BCUT2D eigenvalue weighted by molar-refractivity contribution is 0.0694. The topological polar surface area (TPSA) is 45.6 Å². The lowest BCUT2D eigenvalue weighted by atomic mass is 10.2. The van der Waals surface area contributed by atoms with Crippen LogP contribution in [0.2, 0.25) is 0 Å². The first-order valence-corrected chi connectivity index (χ1v) is 4.65. The highest BCUT2D eigenvalue weighted by molar-refractivity contribution is 5.80. The van der Waals surface area contributed by atoms with Crippen LogP contribution in [0.1, 0.15) is 5.56 Å². The van der Waals surface area contributed by atoms with E-state index in [1.165, 1.54) is 0 Å². The van der Waals surface area contributed by atoms with E-state index in [9.17, 15) is 0 Å². The predicted octanol–water partition coefficient (Wildman–Crippen LogP) is 0.667. The number of hydroxylamine groups is 1. The van der Waals surface area contributed by atoms with E-state index in [1.807, 2.05) is 30.3 Å². The summed E-state index contributed by atoms with van der Waals surface area (Å²) < 4.78 is 0. The Kier molecular flexibility index (Phi) is 2.98. The van der Waals surface area contributed by atoms with E-state index in [4.69, 9.17) is 4.84 Å². The van der Waals surface area contributed by atoms with Gasteiger partial charge in [-0.05, 0) is 5.56 Å². The Morgan fingerprint density at radius 2 is 2.21 bits per heavy atom. The van der Waals surface area contributed by atoms with Gasteiger partial charge in [-0.2, -0.15) is 0 Å². The molecule has 0 saturated heterocycles. The van der Waals surface area contributed by atoms with Gasteiger partial charge in [-0.1, -0.05) is 30.3 Å². The van der Waals surface area contributed by atoms with Gasteiger partial charge in [0.15, 0.2) is 0 Å². The molecular formula is C10H13N3O. The lowest BCUT2D eigenvalue weighted by Crippen LogP contribution is -2.33. The van der Waals surface area contributed by atoms with Crippen LogP contribution in [0.15, 0.2) is 35.3 Å². The molecule has 0 aromatic heterocycles. The van der Waals surface area contributed by atoms with Crippen LogP contribution in [0.4, 0.5) is 0 Å². The molecule has 0 unspecified atom stereocenters. The molecule has 4 nitrogen and oxygen atoms in total.